The maximum atomic E-state index is 6.26. The van der Waals surface area contributed by atoms with Crippen molar-refractivity contribution >= 4 is 33.3 Å². The lowest BCUT2D eigenvalue weighted by Crippen LogP contribution is -2.03. The van der Waals surface area contributed by atoms with Gasteiger partial charge in [-0.15, -0.1) is 0 Å². The summed E-state index contributed by atoms with van der Waals surface area (Å²) in [6.07, 6.45) is 3.22. The summed E-state index contributed by atoms with van der Waals surface area (Å²) in [5, 5.41) is 3.84. The minimum atomic E-state index is 0.670. The van der Waals surface area contributed by atoms with E-state index < -0.39 is 0 Å². The first-order valence-corrected chi connectivity index (χ1v) is 7.39. The van der Waals surface area contributed by atoms with Gasteiger partial charge in [0.25, 0.3) is 0 Å². The summed E-state index contributed by atoms with van der Waals surface area (Å²) in [7, 11) is 1.90. The number of fused-ring (bicyclic) bond motifs is 1. The molecule has 0 fully saturated rings. The predicted octanol–water partition coefficient (Wildman–Crippen LogP) is 4.09. The van der Waals surface area contributed by atoms with Crippen LogP contribution in [0.5, 0.6) is 0 Å². The number of rotatable bonds is 2. The molecule has 0 aliphatic heterocycles. The van der Waals surface area contributed by atoms with Gasteiger partial charge >= 0.3 is 0 Å². The van der Waals surface area contributed by atoms with E-state index in [9.17, 15) is 0 Å². The first kappa shape index (κ1) is 12.9. The molecule has 1 N–H and O–H groups in total. The molecule has 3 nitrogen and oxygen atoms in total. The van der Waals surface area contributed by atoms with Crippen LogP contribution in [0.1, 0.15) is 17.7 Å². The number of nitrogens with one attached hydrogen (secondary N) is 1. The molecular formula is C14H13BrClN3. The SMILES string of the molecule is CNc1nc(-c2cc(Br)ccc2Cl)nc2c1CCC2. The minimum Gasteiger partial charge on any atom is -0.373 e. The summed E-state index contributed by atoms with van der Waals surface area (Å²) in [6, 6.07) is 5.73. The highest BCUT2D eigenvalue weighted by Crippen LogP contribution is 2.33. The van der Waals surface area contributed by atoms with Crippen LogP contribution in [0, 0.1) is 0 Å². The number of anilines is 1. The molecule has 2 aromatic rings. The van der Waals surface area contributed by atoms with Gasteiger partial charge in [-0.1, -0.05) is 27.5 Å². The Morgan fingerprint density at radius 3 is 2.89 bits per heavy atom. The fraction of sp³-hybridized carbons (Fsp3) is 0.286. The van der Waals surface area contributed by atoms with Gasteiger partial charge < -0.3 is 5.32 Å². The summed E-state index contributed by atoms with van der Waals surface area (Å²) >= 11 is 9.72. The van der Waals surface area contributed by atoms with Crippen molar-refractivity contribution in [3.8, 4) is 11.4 Å². The molecule has 1 heterocycles. The molecule has 1 aromatic heterocycles. The molecule has 0 amide bonds. The summed E-state index contributed by atoms with van der Waals surface area (Å²) in [5.41, 5.74) is 3.25. The molecule has 1 aliphatic rings. The Bertz CT molecular complexity index is 643. The topological polar surface area (TPSA) is 37.8 Å². The number of hydrogen-bond acceptors (Lipinski definition) is 3. The van der Waals surface area contributed by atoms with E-state index in [0.717, 1.165) is 40.8 Å². The van der Waals surface area contributed by atoms with Gasteiger partial charge in [0.1, 0.15) is 5.82 Å². The van der Waals surface area contributed by atoms with Crippen LogP contribution < -0.4 is 5.32 Å². The molecule has 1 aromatic carbocycles. The minimum absolute atomic E-state index is 0.670. The number of nitrogens with zero attached hydrogens (tertiary/aromatic N) is 2. The van der Waals surface area contributed by atoms with Crippen LogP contribution in [0.15, 0.2) is 22.7 Å². The molecular weight excluding hydrogens is 326 g/mol. The number of benzene rings is 1. The second kappa shape index (κ2) is 5.10. The van der Waals surface area contributed by atoms with Crippen LogP contribution in [0.2, 0.25) is 5.02 Å². The van der Waals surface area contributed by atoms with Gasteiger partial charge in [-0.2, -0.15) is 0 Å². The van der Waals surface area contributed by atoms with E-state index in [1.807, 2.05) is 25.2 Å². The third-order valence-electron chi connectivity index (χ3n) is 3.34. The van der Waals surface area contributed by atoms with Crippen molar-refractivity contribution in [3.63, 3.8) is 0 Å². The Morgan fingerprint density at radius 2 is 2.11 bits per heavy atom. The van der Waals surface area contributed by atoms with Gasteiger partial charge in [-0.05, 0) is 37.5 Å². The third-order valence-corrected chi connectivity index (χ3v) is 4.16. The Hall–Kier alpha value is -1.13. The monoisotopic (exact) mass is 337 g/mol. The van der Waals surface area contributed by atoms with E-state index in [2.05, 4.69) is 31.2 Å². The van der Waals surface area contributed by atoms with Gasteiger partial charge in [0.05, 0.1) is 5.02 Å². The standard InChI is InChI=1S/C14H13BrClN3/c1-17-13-9-3-2-4-12(9)18-14(19-13)10-7-8(15)5-6-11(10)16/h5-7H,2-4H2,1H3,(H,17,18,19). The van der Waals surface area contributed by atoms with E-state index in [1.54, 1.807) is 0 Å². The van der Waals surface area contributed by atoms with Gasteiger partial charge in [0, 0.05) is 28.3 Å². The zero-order valence-corrected chi connectivity index (χ0v) is 12.8. The van der Waals surface area contributed by atoms with E-state index in [4.69, 9.17) is 11.6 Å². The van der Waals surface area contributed by atoms with E-state index >= 15 is 0 Å². The second-order valence-electron chi connectivity index (χ2n) is 4.55. The van der Waals surface area contributed by atoms with Crippen molar-refractivity contribution in [1.29, 1.82) is 0 Å². The van der Waals surface area contributed by atoms with Gasteiger partial charge in [0.15, 0.2) is 5.82 Å². The Balaban J connectivity index is 2.18. The van der Waals surface area contributed by atoms with Crippen molar-refractivity contribution in [2.75, 3.05) is 12.4 Å². The molecule has 0 radical (unpaired) electrons. The van der Waals surface area contributed by atoms with Crippen molar-refractivity contribution in [2.24, 2.45) is 0 Å². The highest BCUT2D eigenvalue weighted by Gasteiger charge is 2.20. The second-order valence-corrected chi connectivity index (χ2v) is 5.87. The maximum absolute atomic E-state index is 6.26. The van der Waals surface area contributed by atoms with Crippen molar-refractivity contribution in [3.05, 3.63) is 39.0 Å². The van der Waals surface area contributed by atoms with Crippen LogP contribution in [-0.4, -0.2) is 17.0 Å². The number of aromatic nitrogens is 2. The summed E-state index contributed by atoms with van der Waals surface area (Å²) < 4.78 is 0.974. The molecule has 0 spiro atoms. The van der Waals surface area contributed by atoms with E-state index in [0.29, 0.717) is 10.8 Å². The van der Waals surface area contributed by atoms with Crippen LogP contribution in [0.25, 0.3) is 11.4 Å². The Labute approximate surface area is 125 Å². The van der Waals surface area contributed by atoms with E-state index in [-0.39, 0.29) is 0 Å². The summed E-state index contributed by atoms with van der Waals surface area (Å²) in [6.45, 7) is 0. The van der Waals surface area contributed by atoms with Gasteiger partial charge in [0.2, 0.25) is 0 Å². The molecule has 0 saturated heterocycles. The highest BCUT2D eigenvalue weighted by molar-refractivity contribution is 9.10. The molecule has 0 atom stereocenters. The summed E-state index contributed by atoms with van der Waals surface area (Å²) in [4.78, 5) is 9.29. The predicted molar refractivity (Wildman–Crippen MR) is 81.7 cm³/mol. The lowest BCUT2D eigenvalue weighted by molar-refractivity contribution is 0.900. The molecule has 5 heteroatoms. The van der Waals surface area contributed by atoms with Gasteiger partial charge in [-0.25, -0.2) is 9.97 Å². The molecule has 19 heavy (non-hydrogen) atoms. The first-order chi connectivity index (χ1) is 9.19. The van der Waals surface area contributed by atoms with Gasteiger partial charge in [-0.3, -0.25) is 0 Å². The largest absolute Gasteiger partial charge is 0.373 e. The van der Waals surface area contributed by atoms with Crippen LogP contribution in [-0.2, 0) is 12.8 Å². The molecule has 98 valence electrons. The smallest absolute Gasteiger partial charge is 0.163 e. The first-order valence-electron chi connectivity index (χ1n) is 6.22. The zero-order chi connectivity index (χ0) is 13.4. The lowest BCUT2D eigenvalue weighted by atomic mass is 10.2. The Morgan fingerprint density at radius 1 is 1.26 bits per heavy atom. The highest BCUT2D eigenvalue weighted by atomic mass is 79.9. The third kappa shape index (κ3) is 2.35. The maximum Gasteiger partial charge on any atom is 0.163 e. The number of halogens is 2. The van der Waals surface area contributed by atoms with Crippen LogP contribution in [0.4, 0.5) is 5.82 Å². The molecule has 0 bridgehead atoms. The summed E-state index contributed by atoms with van der Waals surface area (Å²) in [5.74, 6) is 1.62. The van der Waals surface area contributed by atoms with Crippen molar-refractivity contribution in [1.82, 2.24) is 9.97 Å². The molecule has 3 rings (SSSR count). The zero-order valence-electron chi connectivity index (χ0n) is 10.5. The van der Waals surface area contributed by atoms with E-state index in [1.165, 1.54) is 5.56 Å². The average molecular weight is 339 g/mol. The molecule has 0 saturated carbocycles. The molecule has 0 unspecified atom stereocenters. The normalized spacial score (nSPS) is 13.4. The van der Waals surface area contributed by atoms with Crippen molar-refractivity contribution < 1.29 is 0 Å². The number of aryl methyl sites for hydroxylation is 1. The Kier molecular flexibility index (Phi) is 3.46. The fourth-order valence-corrected chi connectivity index (χ4v) is 2.99. The average Bonchev–Trinajstić information content (AvgIpc) is 2.88. The quantitative estimate of drug-likeness (QED) is 0.896. The molecule has 1 aliphatic carbocycles. The van der Waals surface area contributed by atoms with Crippen LogP contribution in [0.3, 0.4) is 0 Å². The lowest BCUT2D eigenvalue weighted by Gasteiger charge is -2.10. The number of hydrogen-bond donors (Lipinski definition) is 1. The van der Waals surface area contributed by atoms with Crippen LogP contribution >= 0.6 is 27.5 Å². The van der Waals surface area contributed by atoms with Crippen molar-refractivity contribution in [2.45, 2.75) is 19.3 Å². The fourth-order valence-electron chi connectivity index (χ4n) is 2.43.